The molecule has 22 heavy (non-hydrogen) atoms. The van der Waals surface area contributed by atoms with Gasteiger partial charge in [0.1, 0.15) is 11.6 Å². The molecule has 0 N–H and O–H groups in total. The van der Waals surface area contributed by atoms with Gasteiger partial charge < -0.3 is 0 Å². The van der Waals surface area contributed by atoms with Gasteiger partial charge in [0.15, 0.2) is 5.78 Å². The van der Waals surface area contributed by atoms with Crippen LogP contribution in [-0.4, -0.2) is 17.3 Å². The number of ketones is 3. The lowest BCUT2D eigenvalue weighted by molar-refractivity contribution is -0.154. The van der Waals surface area contributed by atoms with E-state index < -0.39 is 5.41 Å². The van der Waals surface area contributed by atoms with E-state index in [9.17, 15) is 14.4 Å². The Morgan fingerprint density at radius 3 is 2.64 bits per heavy atom. The van der Waals surface area contributed by atoms with Gasteiger partial charge in [0.2, 0.25) is 0 Å². The van der Waals surface area contributed by atoms with Gasteiger partial charge in [-0.1, -0.05) is 19.9 Å². The van der Waals surface area contributed by atoms with Crippen molar-refractivity contribution in [2.45, 2.75) is 52.4 Å². The second-order valence-corrected chi connectivity index (χ2v) is 8.41. The Morgan fingerprint density at radius 2 is 1.86 bits per heavy atom. The highest BCUT2D eigenvalue weighted by Gasteiger charge is 2.62. The zero-order valence-corrected chi connectivity index (χ0v) is 13.4. The summed E-state index contributed by atoms with van der Waals surface area (Å²) < 4.78 is 0. The minimum Gasteiger partial charge on any atom is -0.299 e. The van der Waals surface area contributed by atoms with Crippen molar-refractivity contribution >= 4 is 17.3 Å². The van der Waals surface area contributed by atoms with Crippen LogP contribution >= 0.6 is 0 Å². The van der Waals surface area contributed by atoms with Crippen LogP contribution in [0.25, 0.3) is 0 Å². The van der Waals surface area contributed by atoms with E-state index in [1.165, 1.54) is 0 Å². The van der Waals surface area contributed by atoms with Crippen molar-refractivity contribution in [1.82, 2.24) is 0 Å². The average Bonchev–Trinajstić information content (AvgIpc) is 2.75. The summed E-state index contributed by atoms with van der Waals surface area (Å²) in [4.78, 5) is 37.1. The number of hydrogen-bond donors (Lipinski definition) is 0. The number of carbonyl (C=O) groups is 3. The maximum atomic E-state index is 13.0. The molecule has 0 aliphatic heterocycles. The molecule has 4 aliphatic rings. The second-order valence-electron chi connectivity index (χ2n) is 8.41. The third-order valence-corrected chi connectivity index (χ3v) is 7.45. The molecule has 3 heteroatoms. The molecule has 0 radical (unpaired) electrons. The van der Waals surface area contributed by atoms with Crippen LogP contribution < -0.4 is 0 Å². The molecule has 0 aromatic carbocycles. The number of carbonyl (C=O) groups excluding carboxylic acids is 3. The second kappa shape index (κ2) is 4.39. The lowest BCUT2D eigenvalue weighted by atomic mass is 9.46. The fourth-order valence-electron chi connectivity index (χ4n) is 6.24. The molecule has 0 saturated heterocycles. The first-order valence-electron chi connectivity index (χ1n) is 8.64. The first kappa shape index (κ1) is 14.3. The van der Waals surface area contributed by atoms with Gasteiger partial charge in [0.05, 0.1) is 0 Å². The van der Waals surface area contributed by atoms with Crippen LogP contribution in [0.4, 0.5) is 0 Å². The van der Waals surface area contributed by atoms with E-state index in [1.807, 2.05) is 13.0 Å². The van der Waals surface area contributed by atoms with E-state index in [-0.39, 0.29) is 22.9 Å². The van der Waals surface area contributed by atoms with Crippen LogP contribution in [0.3, 0.4) is 0 Å². The number of allylic oxidation sites excluding steroid dienone is 2. The van der Waals surface area contributed by atoms with Crippen molar-refractivity contribution in [3.05, 3.63) is 12.2 Å². The molecule has 0 bridgehead atoms. The molecule has 0 heterocycles. The van der Waals surface area contributed by atoms with E-state index in [0.29, 0.717) is 42.8 Å². The summed E-state index contributed by atoms with van der Waals surface area (Å²) in [5.74, 6) is 1.78. The third-order valence-electron chi connectivity index (χ3n) is 7.45. The van der Waals surface area contributed by atoms with Gasteiger partial charge in [-0.15, -0.1) is 0 Å². The molecular weight excluding hydrogens is 276 g/mol. The van der Waals surface area contributed by atoms with E-state index in [1.54, 1.807) is 6.08 Å². The lowest BCUT2D eigenvalue weighted by Gasteiger charge is -2.56. The Labute approximate surface area is 131 Å². The normalized spacial score (nSPS) is 50.5. The van der Waals surface area contributed by atoms with E-state index in [2.05, 4.69) is 6.92 Å². The molecule has 0 aromatic heterocycles. The van der Waals surface area contributed by atoms with Crippen LogP contribution in [-0.2, 0) is 14.4 Å². The predicted molar refractivity (Wildman–Crippen MR) is 82.0 cm³/mol. The molecule has 4 aliphatic carbocycles. The SMILES string of the molecule is C[C@]12C=CC(=O)CC1CC[C@@H]1[C@@H]2C(=O)C[C@]2(C)C(=O)CC[C@@H]12. The minimum absolute atomic E-state index is 0.0135. The maximum absolute atomic E-state index is 13.0. The Balaban J connectivity index is 1.77. The Morgan fingerprint density at radius 1 is 1.09 bits per heavy atom. The van der Waals surface area contributed by atoms with Crippen LogP contribution in [0, 0.1) is 34.5 Å². The van der Waals surface area contributed by atoms with Gasteiger partial charge >= 0.3 is 0 Å². The fraction of sp³-hybridized carbons (Fsp3) is 0.737. The topological polar surface area (TPSA) is 51.2 Å². The summed E-state index contributed by atoms with van der Waals surface area (Å²) in [7, 11) is 0. The van der Waals surface area contributed by atoms with Crippen molar-refractivity contribution in [2.75, 3.05) is 0 Å². The predicted octanol–water partition coefficient (Wildman–Crippen LogP) is 3.12. The summed E-state index contributed by atoms with van der Waals surface area (Å²) in [5.41, 5.74) is -0.587. The number of fused-ring (bicyclic) bond motifs is 5. The summed E-state index contributed by atoms with van der Waals surface area (Å²) >= 11 is 0. The molecule has 1 unspecified atom stereocenters. The first-order valence-corrected chi connectivity index (χ1v) is 8.64. The third kappa shape index (κ3) is 1.65. The molecule has 0 aromatic rings. The minimum atomic E-state index is -0.407. The van der Waals surface area contributed by atoms with Gasteiger partial charge in [-0.05, 0) is 48.5 Å². The van der Waals surface area contributed by atoms with Crippen molar-refractivity contribution in [3.8, 4) is 0 Å². The first-order chi connectivity index (χ1) is 10.4. The van der Waals surface area contributed by atoms with Crippen LogP contribution in [0.15, 0.2) is 12.2 Å². The van der Waals surface area contributed by atoms with Gasteiger partial charge in [-0.3, -0.25) is 14.4 Å². The molecule has 3 fully saturated rings. The summed E-state index contributed by atoms with van der Waals surface area (Å²) in [6, 6.07) is 0. The largest absolute Gasteiger partial charge is 0.299 e. The molecular formula is C19H24O3. The molecule has 118 valence electrons. The van der Waals surface area contributed by atoms with Gasteiger partial charge in [0, 0.05) is 30.6 Å². The van der Waals surface area contributed by atoms with E-state index >= 15 is 0 Å². The standard InChI is InChI=1S/C19H24O3/c1-18-8-7-12(20)9-11(18)3-4-13-14-5-6-16(22)19(14,2)10-15(21)17(13)18/h7-8,11,13-14,17H,3-6,9-10H2,1-2H3/t11?,13-,14-,17+,18-,19-/m0/s1. The van der Waals surface area contributed by atoms with Gasteiger partial charge in [-0.25, -0.2) is 0 Å². The average molecular weight is 300 g/mol. The quantitative estimate of drug-likeness (QED) is 0.690. The number of Topliss-reactive ketones (excluding diaryl/α,β-unsaturated/α-hetero) is 2. The van der Waals surface area contributed by atoms with Crippen LogP contribution in [0.2, 0.25) is 0 Å². The molecule has 3 nitrogen and oxygen atoms in total. The highest BCUT2D eigenvalue weighted by Crippen LogP contribution is 2.63. The monoisotopic (exact) mass is 300 g/mol. The maximum Gasteiger partial charge on any atom is 0.155 e. The zero-order chi connectivity index (χ0) is 15.7. The van der Waals surface area contributed by atoms with Gasteiger partial charge in [0.25, 0.3) is 0 Å². The van der Waals surface area contributed by atoms with Crippen molar-refractivity contribution in [2.24, 2.45) is 34.5 Å². The van der Waals surface area contributed by atoms with Crippen molar-refractivity contribution in [1.29, 1.82) is 0 Å². The highest BCUT2D eigenvalue weighted by atomic mass is 16.1. The van der Waals surface area contributed by atoms with Gasteiger partial charge in [-0.2, -0.15) is 0 Å². The Kier molecular flexibility index (Phi) is 2.87. The molecule has 0 spiro atoms. The number of rotatable bonds is 0. The molecule has 0 amide bonds. The Bertz CT molecular complexity index is 604. The highest BCUT2D eigenvalue weighted by molar-refractivity contribution is 5.96. The summed E-state index contributed by atoms with van der Waals surface area (Å²) in [5, 5.41) is 0. The fourth-order valence-corrected chi connectivity index (χ4v) is 6.24. The van der Waals surface area contributed by atoms with Crippen molar-refractivity contribution in [3.63, 3.8) is 0 Å². The summed E-state index contributed by atoms with van der Waals surface area (Å²) in [6.45, 7) is 4.20. The van der Waals surface area contributed by atoms with Crippen LogP contribution in [0.5, 0.6) is 0 Å². The molecule has 4 rings (SSSR count). The van der Waals surface area contributed by atoms with E-state index in [0.717, 1.165) is 19.3 Å². The number of hydrogen-bond acceptors (Lipinski definition) is 3. The van der Waals surface area contributed by atoms with E-state index in [4.69, 9.17) is 0 Å². The molecule has 6 atom stereocenters. The smallest absolute Gasteiger partial charge is 0.155 e. The Hall–Kier alpha value is -1.25. The summed E-state index contributed by atoms with van der Waals surface area (Å²) in [6.07, 6.45) is 8.34. The lowest BCUT2D eigenvalue weighted by Crippen LogP contribution is -2.56. The molecule has 3 saturated carbocycles. The van der Waals surface area contributed by atoms with Crippen LogP contribution in [0.1, 0.15) is 52.4 Å². The zero-order valence-electron chi connectivity index (χ0n) is 13.4. The van der Waals surface area contributed by atoms with Crippen molar-refractivity contribution < 1.29 is 14.4 Å².